The van der Waals surface area contributed by atoms with Crippen LogP contribution in [0.25, 0.3) is 0 Å². The molecule has 1 amide bonds. The number of fused-ring (bicyclic) bond motifs is 2. The summed E-state index contributed by atoms with van der Waals surface area (Å²) in [5.74, 6) is 2.59. The van der Waals surface area contributed by atoms with E-state index >= 15 is 0 Å². The largest absolute Gasteiger partial charge is 0.484 e. The zero-order chi connectivity index (χ0) is 20.8. The van der Waals surface area contributed by atoms with Crippen molar-refractivity contribution in [1.29, 1.82) is 0 Å². The van der Waals surface area contributed by atoms with E-state index in [4.69, 9.17) is 18.9 Å². The van der Waals surface area contributed by atoms with Crippen LogP contribution in [0.3, 0.4) is 0 Å². The molecule has 2 saturated heterocycles. The van der Waals surface area contributed by atoms with Gasteiger partial charge in [0.1, 0.15) is 5.75 Å². The summed E-state index contributed by atoms with van der Waals surface area (Å²) in [5, 5.41) is 0. The van der Waals surface area contributed by atoms with E-state index in [0.29, 0.717) is 42.4 Å². The molecule has 0 radical (unpaired) electrons. The lowest BCUT2D eigenvalue weighted by Crippen LogP contribution is -2.52. The van der Waals surface area contributed by atoms with Crippen molar-refractivity contribution in [2.45, 2.75) is 44.6 Å². The predicted octanol–water partition coefficient (Wildman–Crippen LogP) is 2.92. The summed E-state index contributed by atoms with van der Waals surface area (Å²) in [5.41, 5.74) is 0. The number of piperidine rings is 2. The van der Waals surface area contributed by atoms with E-state index in [1.54, 1.807) is 13.2 Å². The molecule has 3 heterocycles. The lowest BCUT2D eigenvalue weighted by atomic mass is 9.83. The highest BCUT2D eigenvalue weighted by Gasteiger charge is 2.34. The van der Waals surface area contributed by atoms with Crippen molar-refractivity contribution in [1.82, 2.24) is 9.80 Å². The molecule has 0 bridgehead atoms. The number of nitrogens with zero attached hydrogens (tertiary/aromatic N) is 2. The molecule has 4 rings (SSSR count). The molecule has 0 N–H and O–H groups in total. The first-order valence-corrected chi connectivity index (χ1v) is 11.3. The quantitative estimate of drug-likeness (QED) is 0.575. The van der Waals surface area contributed by atoms with E-state index in [0.717, 1.165) is 13.0 Å². The summed E-state index contributed by atoms with van der Waals surface area (Å²) < 4.78 is 21.7. The van der Waals surface area contributed by atoms with E-state index in [-0.39, 0.29) is 19.3 Å². The summed E-state index contributed by atoms with van der Waals surface area (Å²) in [6.45, 7) is 4.87. The molecule has 30 heavy (non-hydrogen) atoms. The highest BCUT2D eigenvalue weighted by atomic mass is 16.7. The zero-order valence-corrected chi connectivity index (χ0v) is 18.0. The SMILES string of the molecule is COCCCN(C[C@H]1CCCN2CCCC[C@H]12)C(=O)COc1ccc2c(c1)OCO2. The minimum atomic E-state index is 0.0354. The van der Waals surface area contributed by atoms with Crippen molar-refractivity contribution < 1.29 is 23.7 Å². The van der Waals surface area contributed by atoms with Crippen LogP contribution < -0.4 is 14.2 Å². The standard InChI is InChI=1S/C23H34N2O5/c1-27-13-5-12-25(15-18-6-4-11-24-10-3-2-7-20(18)24)23(26)16-28-19-8-9-21-22(14-19)30-17-29-21/h8-9,14,18,20H,2-7,10-13,15-17H2,1H3/t18-,20-/m1/s1. The highest BCUT2D eigenvalue weighted by molar-refractivity contribution is 5.77. The monoisotopic (exact) mass is 418 g/mol. The van der Waals surface area contributed by atoms with Crippen LogP contribution in [-0.4, -0.2) is 75.0 Å². The van der Waals surface area contributed by atoms with Gasteiger partial charge in [0, 0.05) is 38.9 Å². The molecule has 166 valence electrons. The van der Waals surface area contributed by atoms with Crippen LogP contribution >= 0.6 is 0 Å². The molecular formula is C23H34N2O5. The maximum absolute atomic E-state index is 13.1. The molecule has 0 spiro atoms. The first-order valence-electron chi connectivity index (χ1n) is 11.3. The van der Waals surface area contributed by atoms with Gasteiger partial charge in [0.2, 0.25) is 6.79 Å². The molecule has 1 aromatic carbocycles. The van der Waals surface area contributed by atoms with Gasteiger partial charge in [0.05, 0.1) is 0 Å². The van der Waals surface area contributed by atoms with Gasteiger partial charge in [-0.3, -0.25) is 4.79 Å². The van der Waals surface area contributed by atoms with Crippen LogP contribution in [0.1, 0.15) is 38.5 Å². The Labute approximate surface area is 179 Å². The number of hydrogen-bond acceptors (Lipinski definition) is 6. The second-order valence-corrected chi connectivity index (χ2v) is 8.49. The van der Waals surface area contributed by atoms with Gasteiger partial charge in [-0.25, -0.2) is 0 Å². The molecule has 3 aliphatic heterocycles. The van der Waals surface area contributed by atoms with Crippen molar-refractivity contribution in [3.8, 4) is 17.2 Å². The molecule has 0 saturated carbocycles. The molecule has 7 nitrogen and oxygen atoms in total. The molecule has 2 fully saturated rings. The van der Waals surface area contributed by atoms with Crippen molar-refractivity contribution >= 4 is 5.91 Å². The van der Waals surface area contributed by atoms with Gasteiger partial charge in [0.25, 0.3) is 5.91 Å². The van der Waals surface area contributed by atoms with Gasteiger partial charge in [-0.05, 0) is 63.2 Å². The average Bonchev–Trinajstić information content (AvgIpc) is 3.25. The maximum Gasteiger partial charge on any atom is 0.260 e. The number of methoxy groups -OCH3 is 1. The van der Waals surface area contributed by atoms with Crippen LogP contribution in [0.5, 0.6) is 17.2 Å². The minimum Gasteiger partial charge on any atom is -0.484 e. The van der Waals surface area contributed by atoms with Crippen LogP contribution in [0.15, 0.2) is 18.2 Å². The summed E-state index contributed by atoms with van der Waals surface area (Å²) in [7, 11) is 1.70. The van der Waals surface area contributed by atoms with E-state index in [9.17, 15) is 4.79 Å². The number of benzene rings is 1. The Hall–Kier alpha value is -1.99. The number of carbonyl (C=O) groups is 1. The lowest BCUT2D eigenvalue weighted by molar-refractivity contribution is -0.135. The minimum absolute atomic E-state index is 0.0354. The van der Waals surface area contributed by atoms with Gasteiger partial charge in [0.15, 0.2) is 18.1 Å². The van der Waals surface area contributed by atoms with E-state index < -0.39 is 0 Å². The van der Waals surface area contributed by atoms with Gasteiger partial charge >= 0.3 is 0 Å². The number of carbonyl (C=O) groups excluding carboxylic acids is 1. The van der Waals surface area contributed by atoms with Crippen molar-refractivity contribution in [2.75, 3.05) is 53.3 Å². The van der Waals surface area contributed by atoms with Crippen molar-refractivity contribution in [3.63, 3.8) is 0 Å². The summed E-state index contributed by atoms with van der Waals surface area (Å²) in [6, 6.07) is 6.04. The fourth-order valence-electron chi connectivity index (χ4n) is 4.99. The second-order valence-electron chi connectivity index (χ2n) is 8.49. The van der Waals surface area contributed by atoms with Gasteiger partial charge in [-0.15, -0.1) is 0 Å². The molecule has 0 aromatic heterocycles. The van der Waals surface area contributed by atoms with Crippen LogP contribution in [0.2, 0.25) is 0 Å². The van der Waals surface area contributed by atoms with Crippen LogP contribution in [-0.2, 0) is 9.53 Å². The Kier molecular flexibility index (Phi) is 7.33. The first kappa shape index (κ1) is 21.2. The first-order chi connectivity index (χ1) is 14.7. The Morgan fingerprint density at radius 3 is 2.93 bits per heavy atom. The van der Waals surface area contributed by atoms with E-state index in [2.05, 4.69) is 4.90 Å². The van der Waals surface area contributed by atoms with Crippen LogP contribution in [0.4, 0.5) is 0 Å². The van der Waals surface area contributed by atoms with E-state index in [1.165, 1.54) is 45.2 Å². The van der Waals surface area contributed by atoms with Gasteiger partial charge in [-0.1, -0.05) is 6.42 Å². The van der Waals surface area contributed by atoms with Crippen molar-refractivity contribution in [3.05, 3.63) is 18.2 Å². The summed E-state index contributed by atoms with van der Waals surface area (Å²) in [6.07, 6.45) is 7.16. The third kappa shape index (κ3) is 5.19. The Morgan fingerprint density at radius 2 is 2.03 bits per heavy atom. The fourth-order valence-corrected chi connectivity index (χ4v) is 4.99. The molecule has 3 aliphatic rings. The summed E-state index contributed by atoms with van der Waals surface area (Å²) in [4.78, 5) is 17.7. The second kappa shape index (κ2) is 10.4. The fraction of sp³-hybridized carbons (Fsp3) is 0.696. The van der Waals surface area contributed by atoms with Crippen molar-refractivity contribution in [2.24, 2.45) is 5.92 Å². The van der Waals surface area contributed by atoms with Gasteiger partial charge < -0.3 is 28.7 Å². The normalized spacial score (nSPS) is 23.1. The lowest BCUT2D eigenvalue weighted by Gasteiger charge is -2.45. The average molecular weight is 419 g/mol. The third-order valence-corrected chi connectivity index (χ3v) is 6.52. The zero-order valence-electron chi connectivity index (χ0n) is 18.0. The smallest absolute Gasteiger partial charge is 0.260 e. The van der Waals surface area contributed by atoms with Crippen LogP contribution in [0, 0.1) is 5.92 Å². The molecule has 7 heteroatoms. The third-order valence-electron chi connectivity index (χ3n) is 6.52. The number of rotatable bonds is 9. The van der Waals surface area contributed by atoms with Gasteiger partial charge in [-0.2, -0.15) is 0 Å². The molecule has 2 atom stereocenters. The number of ether oxygens (including phenoxy) is 4. The van der Waals surface area contributed by atoms with E-state index in [1.807, 2.05) is 17.0 Å². The predicted molar refractivity (Wildman–Crippen MR) is 113 cm³/mol. The Bertz CT molecular complexity index is 711. The topological polar surface area (TPSA) is 60.5 Å². The maximum atomic E-state index is 13.1. The Morgan fingerprint density at radius 1 is 1.17 bits per heavy atom. The number of hydrogen-bond donors (Lipinski definition) is 0. The molecular weight excluding hydrogens is 384 g/mol. The summed E-state index contributed by atoms with van der Waals surface area (Å²) >= 11 is 0. The molecule has 1 aromatic rings. The molecule has 0 unspecified atom stereocenters. The molecule has 0 aliphatic carbocycles. The Balaban J connectivity index is 1.36. The highest BCUT2D eigenvalue weighted by Crippen LogP contribution is 2.35. The number of amides is 1.